The van der Waals surface area contributed by atoms with Crippen molar-refractivity contribution in [3.8, 4) is 0 Å². The van der Waals surface area contributed by atoms with Crippen molar-refractivity contribution in [2.75, 3.05) is 6.61 Å². The lowest BCUT2D eigenvalue weighted by atomic mass is 10.1. The molecule has 2 nitrogen and oxygen atoms in total. The van der Waals surface area contributed by atoms with Crippen molar-refractivity contribution in [1.29, 1.82) is 0 Å². The molecule has 0 amide bonds. The molecule has 0 aromatic carbocycles. The van der Waals surface area contributed by atoms with Crippen LogP contribution in [0.3, 0.4) is 0 Å². The Morgan fingerprint density at radius 3 is 1.77 bits per heavy atom. The first kappa shape index (κ1) is 12.9. The molecule has 0 aliphatic carbocycles. The highest BCUT2D eigenvalue weighted by atomic mass is 16.3. The van der Waals surface area contributed by atoms with Crippen LogP contribution in [0.15, 0.2) is 0 Å². The average molecular weight is 188 g/mol. The van der Waals surface area contributed by atoms with Gasteiger partial charge in [-0.05, 0) is 19.8 Å². The summed E-state index contributed by atoms with van der Waals surface area (Å²) in [5.74, 6) is 0. The molecule has 2 heteroatoms. The Hall–Kier alpha value is -0.0800. The van der Waals surface area contributed by atoms with E-state index in [-0.39, 0.29) is 6.10 Å². The molecule has 80 valence electrons. The maximum absolute atomic E-state index is 9.00. The van der Waals surface area contributed by atoms with Gasteiger partial charge in [-0.2, -0.15) is 0 Å². The van der Waals surface area contributed by atoms with Crippen molar-refractivity contribution in [3.05, 3.63) is 0 Å². The van der Waals surface area contributed by atoms with Gasteiger partial charge in [0.05, 0.1) is 6.10 Å². The molecule has 0 bridgehead atoms. The topological polar surface area (TPSA) is 40.5 Å². The quantitative estimate of drug-likeness (QED) is 0.546. The second kappa shape index (κ2) is 10.0. The van der Waals surface area contributed by atoms with E-state index in [1.54, 1.807) is 0 Å². The number of hydrogen-bond donors (Lipinski definition) is 2. The number of hydrogen-bond acceptors (Lipinski definition) is 2. The highest BCUT2D eigenvalue weighted by Gasteiger charge is 1.95. The summed E-state index contributed by atoms with van der Waals surface area (Å²) in [4.78, 5) is 0. The van der Waals surface area contributed by atoms with E-state index in [0.29, 0.717) is 6.61 Å². The molecule has 2 N–H and O–H groups in total. The summed E-state index contributed by atoms with van der Waals surface area (Å²) in [6.45, 7) is 2.18. The molecule has 0 radical (unpaired) electrons. The van der Waals surface area contributed by atoms with E-state index < -0.39 is 0 Å². The molecule has 0 rings (SSSR count). The fraction of sp³-hybridized carbons (Fsp3) is 1.00. The fourth-order valence-corrected chi connectivity index (χ4v) is 1.44. The van der Waals surface area contributed by atoms with Gasteiger partial charge in [0, 0.05) is 6.61 Å². The lowest BCUT2D eigenvalue weighted by molar-refractivity contribution is 0.180. The third-order valence-electron chi connectivity index (χ3n) is 2.28. The van der Waals surface area contributed by atoms with Crippen LogP contribution in [0, 0.1) is 0 Å². The van der Waals surface area contributed by atoms with Crippen LogP contribution >= 0.6 is 0 Å². The molecule has 0 saturated carbocycles. The zero-order chi connectivity index (χ0) is 9.94. The van der Waals surface area contributed by atoms with Gasteiger partial charge < -0.3 is 10.2 Å². The first-order valence-corrected chi connectivity index (χ1v) is 5.56. The molecule has 0 unspecified atom stereocenters. The van der Waals surface area contributed by atoms with Crippen molar-refractivity contribution in [2.24, 2.45) is 0 Å². The summed E-state index contributed by atoms with van der Waals surface area (Å²) in [7, 11) is 0. The second-order valence-electron chi connectivity index (χ2n) is 3.84. The van der Waals surface area contributed by atoms with Gasteiger partial charge in [0.25, 0.3) is 0 Å². The molecule has 0 aliphatic heterocycles. The minimum atomic E-state index is -0.130. The lowest BCUT2D eigenvalue weighted by Crippen LogP contribution is -1.98. The van der Waals surface area contributed by atoms with E-state index in [2.05, 4.69) is 0 Å². The number of rotatable bonds is 9. The van der Waals surface area contributed by atoms with Crippen molar-refractivity contribution >= 4 is 0 Å². The van der Waals surface area contributed by atoms with E-state index in [9.17, 15) is 0 Å². The van der Waals surface area contributed by atoms with Gasteiger partial charge >= 0.3 is 0 Å². The molecule has 13 heavy (non-hydrogen) atoms. The maximum Gasteiger partial charge on any atom is 0.0512 e. The highest BCUT2D eigenvalue weighted by molar-refractivity contribution is 4.49. The Labute approximate surface area is 82.0 Å². The lowest BCUT2D eigenvalue weighted by Gasteiger charge is -2.03. The summed E-state index contributed by atoms with van der Waals surface area (Å²) in [6, 6.07) is 0. The average Bonchev–Trinajstić information content (AvgIpc) is 2.09. The van der Waals surface area contributed by atoms with Crippen LogP contribution in [0.25, 0.3) is 0 Å². The van der Waals surface area contributed by atoms with Gasteiger partial charge in [0.15, 0.2) is 0 Å². The van der Waals surface area contributed by atoms with Crippen LogP contribution in [-0.4, -0.2) is 22.9 Å². The SMILES string of the molecule is C[C@H](O)CCCCCCCCCO. The second-order valence-corrected chi connectivity index (χ2v) is 3.84. The summed E-state index contributed by atoms with van der Waals surface area (Å²) in [5.41, 5.74) is 0. The van der Waals surface area contributed by atoms with Crippen molar-refractivity contribution in [2.45, 2.75) is 64.4 Å². The molecule has 0 saturated heterocycles. The Balaban J connectivity index is 2.84. The van der Waals surface area contributed by atoms with E-state index >= 15 is 0 Å². The Morgan fingerprint density at radius 1 is 0.846 bits per heavy atom. The zero-order valence-corrected chi connectivity index (χ0v) is 8.84. The summed E-state index contributed by atoms with van der Waals surface area (Å²) in [5, 5.41) is 17.5. The van der Waals surface area contributed by atoms with Crippen LogP contribution in [0.2, 0.25) is 0 Å². The molecular formula is C11H24O2. The maximum atomic E-state index is 9.00. The van der Waals surface area contributed by atoms with E-state index in [1.807, 2.05) is 6.92 Å². The molecule has 0 fully saturated rings. The minimum absolute atomic E-state index is 0.130. The highest BCUT2D eigenvalue weighted by Crippen LogP contribution is 2.09. The van der Waals surface area contributed by atoms with Gasteiger partial charge in [0.2, 0.25) is 0 Å². The molecule has 0 aromatic rings. The molecule has 0 heterocycles. The van der Waals surface area contributed by atoms with E-state index in [1.165, 1.54) is 25.7 Å². The van der Waals surface area contributed by atoms with E-state index in [4.69, 9.17) is 10.2 Å². The molecule has 0 aliphatic rings. The number of aliphatic hydroxyl groups excluding tert-OH is 2. The zero-order valence-electron chi connectivity index (χ0n) is 8.84. The van der Waals surface area contributed by atoms with Gasteiger partial charge in [-0.3, -0.25) is 0 Å². The van der Waals surface area contributed by atoms with Crippen LogP contribution in [0.5, 0.6) is 0 Å². The van der Waals surface area contributed by atoms with Crippen molar-refractivity contribution < 1.29 is 10.2 Å². The standard InChI is InChI=1S/C11H24O2/c1-11(13)9-7-5-3-2-4-6-8-10-12/h11-13H,2-10H2,1H3/t11-/m0/s1. The Kier molecular flexibility index (Phi) is 9.94. The largest absolute Gasteiger partial charge is 0.396 e. The third-order valence-corrected chi connectivity index (χ3v) is 2.28. The summed E-state index contributed by atoms with van der Waals surface area (Å²) in [6.07, 6.45) is 9.11. The minimum Gasteiger partial charge on any atom is -0.396 e. The van der Waals surface area contributed by atoms with Gasteiger partial charge in [0.1, 0.15) is 0 Å². The normalized spacial score (nSPS) is 13.2. The monoisotopic (exact) mass is 188 g/mol. The first-order chi connectivity index (χ1) is 6.27. The van der Waals surface area contributed by atoms with Crippen LogP contribution in [0.4, 0.5) is 0 Å². The van der Waals surface area contributed by atoms with Crippen molar-refractivity contribution in [3.63, 3.8) is 0 Å². The third kappa shape index (κ3) is 11.9. The fourth-order valence-electron chi connectivity index (χ4n) is 1.44. The number of unbranched alkanes of at least 4 members (excludes halogenated alkanes) is 6. The van der Waals surface area contributed by atoms with Gasteiger partial charge in [-0.25, -0.2) is 0 Å². The van der Waals surface area contributed by atoms with Crippen LogP contribution in [-0.2, 0) is 0 Å². The van der Waals surface area contributed by atoms with Crippen LogP contribution < -0.4 is 0 Å². The molecule has 0 aromatic heterocycles. The van der Waals surface area contributed by atoms with Crippen molar-refractivity contribution in [1.82, 2.24) is 0 Å². The predicted molar refractivity (Wildman–Crippen MR) is 55.7 cm³/mol. The Morgan fingerprint density at radius 2 is 1.31 bits per heavy atom. The molecule has 0 spiro atoms. The molecular weight excluding hydrogens is 164 g/mol. The summed E-state index contributed by atoms with van der Waals surface area (Å²) >= 11 is 0. The number of aliphatic hydroxyl groups is 2. The summed E-state index contributed by atoms with van der Waals surface area (Å²) < 4.78 is 0. The Bertz CT molecular complexity index is 92.1. The van der Waals surface area contributed by atoms with Gasteiger partial charge in [-0.1, -0.05) is 38.5 Å². The van der Waals surface area contributed by atoms with Gasteiger partial charge in [-0.15, -0.1) is 0 Å². The predicted octanol–water partition coefficient (Wildman–Crippen LogP) is 2.48. The smallest absolute Gasteiger partial charge is 0.0512 e. The van der Waals surface area contributed by atoms with Crippen LogP contribution in [0.1, 0.15) is 58.3 Å². The van der Waals surface area contributed by atoms with E-state index in [0.717, 1.165) is 25.7 Å². The molecule has 1 atom stereocenters. The first-order valence-electron chi connectivity index (χ1n) is 5.56.